The predicted octanol–water partition coefficient (Wildman–Crippen LogP) is 1.24. The van der Waals surface area contributed by atoms with E-state index in [1.54, 1.807) is 64.5 Å². The van der Waals surface area contributed by atoms with Crippen molar-refractivity contribution < 1.29 is 47.3 Å². The van der Waals surface area contributed by atoms with Crippen molar-refractivity contribution in [3.63, 3.8) is 0 Å². The maximum Gasteiger partial charge on any atom is 1.00 e. The molecule has 0 saturated heterocycles. The number of hydrogen-bond acceptors (Lipinski definition) is 6. The van der Waals surface area contributed by atoms with Crippen molar-refractivity contribution in [2.24, 2.45) is 0 Å². The summed E-state index contributed by atoms with van der Waals surface area (Å²) >= 11 is 6.23. The van der Waals surface area contributed by atoms with Crippen molar-refractivity contribution in [2.75, 3.05) is 21.3 Å². The molecule has 0 bridgehead atoms. The Balaban J connectivity index is 0.00000420. The van der Waals surface area contributed by atoms with Crippen LogP contribution in [0.3, 0.4) is 0 Å². The van der Waals surface area contributed by atoms with Crippen molar-refractivity contribution in [2.45, 2.75) is 26.4 Å². The van der Waals surface area contributed by atoms with E-state index in [4.69, 9.17) is 35.3 Å². The molecule has 152 valence electrons. The molecular weight excluding hydrogens is 410 g/mol. The molecule has 0 saturated carbocycles. The van der Waals surface area contributed by atoms with Crippen molar-refractivity contribution in [3.05, 3.63) is 47.0 Å². The first-order valence-electron chi connectivity index (χ1n) is 8.56. The van der Waals surface area contributed by atoms with Crippen molar-refractivity contribution in [3.8, 4) is 17.2 Å². The summed E-state index contributed by atoms with van der Waals surface area (Å²) in [4.78, 5) is 12.9. The van der Waals surface area contributed by atoms with Gasteiger partial charge in [0.15, 0.2) is 18.1 Å². The van der Waals surface area contributed by atoms with E-state index < -0.39 is 12.6 Å². The second-order valence-electron chi connectivity index (χ2n) is 5.77. The topological polar surface area (TPSA) is 63.2 Å². The minimum Gasteiger partial charge on any atom is -0.496 e. The quantitative estimate of drug-likeness (QED) is 0.319. The Hall–Kier alpha value is -1.25. The molecule has 0 N–H and O–H groups in total. The maximum absolute atomic E-state index is 12.9. The van der Waals surface area contributed by atoms with Gasteiger partial charge < -0.3 is 23.7 Å². The summed E-state index contributed by atoms with van der Waals surface area (Å²) < 4.78 is 27.1. The van der Waals surface area contributed by atoms with Gasteiger partial charge in [-0.05, 0) is 46.7 Å². The van der Waals surface area contributed by atoms with E-state index in [1.807, 2.05) is 0 Å². The molecule has 2 rings (SSSR count). The van der Waals surface area contributed by atoms with Gasteiger partial charge in [-0.3, -0.25) is 4.79 Å². The fraction of sp³-hybridized carbons (Fsp3) is 0.350. The molecule has 9 heteroatoms. The van der Waals surface area contributed by atoms with Crippen LogP contribution in [0.1, 0.15) is 24.2 Å². The monoisotopic (exact) mass is 433 g/mol. The Morgan fingerprint density at radius 2 is 1.62 bits per heavy atom. The van der Waals surface area contributed by atoms with Gasteiger partial charge in [-0.1, -0.05) is 17.7 Å². The van der Waals surface area contributed by atoms with E-state index in [0.29, 0.717) is 33.1 Å². The third-order valence-corrected chi connectivity index (χ3v) is 5.36. The molecular formula is C20H24ClLiO6P+. The predicted molar refractivity (Wildman–Crippen MR) is 111 cm³/mol. The van der Waals surface area contributed by atoms with Crippen LogP contribution in [-0.4, -0.2) is 39.4 Å². The van der Waals surface area contributed by atoms with Gasteiger partial charge in [0, 0.05) is 25.6 Å². The molecule has 2 aromatic carbocycles. The average molecular weight is 434 g/mol. The zero-order valence-electron chi connectivity index (χ0n) is 17.4. The normalized spacial score (nSPS) is 12.9. The minimum absolute atomic E-state index is 0. The molecule has 0 spiro atoms. The van der Waals surface area contributed by atoms with Crippen molar-refractivity contribution in [1.29, 1.82) is 0 Å². The van der Waals surface area contributed by atoms with E-state index in [1.165, 1.54) is 7.11 Å². The van der Waals surface area contributed by atoms with E-state index in [-0.39, 0.29) is 33.0 Å². The van der Waals surface area contributed by atoms with Gasteiger partial charge in [0.1, 0.15) is 17.2 Å². The first-order chi connectivity index (χ1) is 13.4. The van der Waals surface area contributed by atoms with E-state index in [9.17, 15) is 4.79 Å². The number of hydrogen-bond donors (Lipinski definition) is 0. The molecule has 3 unspecified atom stereocenters. The minimum atomic E-state index is -0.497. The number of ether oxygens (including phenoxy) is 5. The summed E-state index contributed by atoms with van der Waals surface area (Å²) in [6.07, 6.45) is -0.918. The molecule has 0 aliphatic heterocycles. The SMILES string of the molecule is COc1cccc(Cl)c1C(=O)Pc1ccc(OC(C)OC)cc1OC(C)OC.[Li+]. The standard InChI is InChI=1S/C20H24ClO6P.Li/c1-12(23-3)26-14-9-10-18(17(11-14)27-13(2)24-4)28-20(22)19-15(21)7-6-8-16(19)25-5;/h6-13,28H,1-5H3;/q;+1. The maximum atomic E-state index is 12.9. The Labute approximate surface area is 190 Å². The molecule has 3 atom stereocenters. The smallest absolute Gasteiger partial charge is 0.496 e. The van der Waals surface area contributed by atoms with E-state index in [2.05, 4.69) is 0 Å². The first-order valence-corrected chi connectivity index (χ1v) is 9.94. The van der Waals surface area contributed by atoms with Crippen LogP contribution in [0.15, 0.2) is 36.4 Å². The molecule has 0 fully saturated rings. The van der Waals surface area contributed by atoms with E-state index in [0.717, 1.165) is 0 Å². The number of methoxy groups -OCH3 is 3. The summed E-state index contributed by atoms with van der Waals surface area (Å²) in [5.74, 6) is 1.49. The van der Waals surface area contributed by atoms with E-state index >= 15 is 0 Å². The third kappa shape index (κ3) is 7.19. The van der Waals surface area contributed by atoms with Crippen molar-refractivity contribution in [1.82, 2.24) is 0 Å². The largest absolute Gasteiger partial charge is 1.00 e. The van der Waals surface area contributed by atoms with Crippen LogP contribution in [0.4, 0.5) is 0 Å². The van der Waals surface area contributed by atoms with Crippen molar-refractivity contribution >= 4 is 31.0 Å². The zero-order chi connectivity index (χ0) is 20.7. The Morgan fingerprint density at radius 1 is 0.966 bits per heavy atom. The van der Waals surface area contributed by atoms with Crippen LogP contribution >= 0.6 is 20.2 Å². The molecule has 0 heterocycles. The van der Waals surface area contributed by atoms with Gasteiger partial charge in [0.25, 0.3) is 0 Å². The van der Waals surface area contributed by atoms with Gasteiger partial charge >= 0.3 is 18.9 Å². The molecule has 6 nitrogen and oxygen atoms in total. The summed E-state index contributed by atoms with van der Waals surface area (Å²) in [6.45, 7) is 3.54. The summed E-state index contributed by atoms with van der Waals surface area (Å²) in [5.41, 5.74) is 0.195. The Morgan fingerprint density at radius 3 is 2.24 bits per heavy atom. The van der Waals surface area contributed by atoms with Gasteiger partial charge in [-0.2, -0.15) is 0 Å². The van der Waals surface area contributed by atoms with Crippen LogP contribution in [-0.2, 0) is 9.47 Å². The summed E-state index contributed by atoms with van der Waals surface area (Å²) in [7, 11) is 4.37. The number of halogens is 1. The van der Waals surface area contributed by atoms with Crippen LogP contribution in [0.5, 0.6) is 17.2 Å². The average Bonchev–Trinajstić information content (AvgIpc) is 2.69. The summed E-state index contributed by atoms with van der Waals surface area (Å²) in [5, 5.41) is 1.05. The second kappa shape index (κ2) is 12.4. The number of carbonyl (C=O) groups excluding carboxylic acids is 1. The number of rotatable bonds is 10. The molecule has 29 heavy (non-hydrogen) atoms. The fourth-order valence-electron chi connectivity index (χ4n) is 2.32. The molecule has 0 aromatic heterocycles. The van der Waals surface area contributed by atoms with Crippen LogP contribution in [0, 0.1) is 0 Å². The van der Waals surface area contributed by atoms with Gasteiger partial charge in [-0.15, -0.1) is 0 Å². The van der Waals surface area contributed by atoms with Gasteiger partial charge in [0.2, 0.25) is 0 Å². The summed E-state index contributed by atoms with van der Waals surface area (Å²) in [6, 6.07) is 10.4. The van der Waals surface area contributed by atoms with Gasteiger partial charge in [-0.25, -0.2) is 0 Å². The van der Waals surface area contributed by atoms with Crippen LogP contribution < -0.4 is 38.4 Å². The first kappa shape index (κ1) is 25.8. The fourth-order valence-corrected chi connectivity index (χ4v) is 3.70. The molecule has 0 aliphatic rings. The van der Waals surface area contributed by atoms with Gasteiger partial charge in [0.05, 0.1) is 17.7 Å². The zero-order valence-corrected chi connectivity index (χ0v) is 19.2. The molecule has 0 aliphatic carbocycles. The Bertz CT molecular complexity index is 820. The molecule has 0 amide bonds. The Kier molecular flexibility index (Phi) is 11.1. The molecule has 2 aromatic rings. The van der Waals surface area contributed by atoms with Crippen LogP contribution in [0.2, 0.25) is 5.02 Å². The number of carbonyl (C=O) groups is 1. The number of benzene rings is 2. The third-order valence-electron chi connectivity index (χ3n) is 3.88. The molecule has 0 radical (unpaired) electrons. The van der Waals surface area contributed by atoms with Crippen LogP contribution in [0.25, 0.3) is 0 Å². The second-order valence-corrected chi connectivity index (χ2v) is 7.42.